The highest BCUT2D eigenvalue weighted by Gasteiger charge is 2.24. The maximum absolute atomic E-state index is 10.8. The Balaban J connectivity index is 3.06. The Morgan fingerprint density at radius 1 is 1.40 bits per heavy atom. The van der Waals surface area contributed by atoms with Gasteiger partial charge < -0.3 is 0 Å². The van der Waals surface area contributed by atoms with E-state index in [0.29, 0.717) is 5.69 Å². The van der Waals surface area contributed by atoms with Crippen molar-refractivity contribution in [3.8, 4) is 0 Å². The van der Waals surface area contributed by atoms with E-state index in [2.05, 4.69) is 38.0 Å². The summed E-state index contributed by atoms with van der Waals surface area (Å²) in [6.45, 7) is 9.18. The second-order valence-electron chi connectivity index (χ2n) is 4.77. The van der Waals surface area contributed by atoms with Crippen LogP contribution in [-0.4, -0.2) is 21.3 Å². The Hall–Kier alpha value is -1.19. The lowest BCUT2D eigenvalue weighted by atomic mass is 9.90. The van der Waals surface area contributed by atoms with Crippen LogP contribution in [0.2, 0.25) is 0 Å². The van der Waals surface area contributed by atoms with Crippen LogP contribution in [0.1, 0.15) is 56.7 Å². The van der Waals surface area contributed by atoms with E-state index in [-0.39, 0.29) is 5.41 Å². The standard InChI is InChI=1S/C11H19N3O/c1-5-6-7-14-10(11(2,3)4)9(8-15)12-13-14/h8H,5-7H2,1-4H3. The Bertz CT molecular complexity index is 336. The van der Waals surface area contributed by atoms with Gasteiger partial charge in [-0.25, -0.2) is 4.68 Å². The minimum Gasteiger partial charge on any atom is -0.296 e. The van der Waals surface area contributed by atoms with Crippen molar-refractivity contribution in [2.75, 3.05) is 0 Å². The molecule has 1 aromatic rings. The summed E-state index contributed by atoms with van der Waals surface area (Å²) in [5, 5.41) is 7.93. The van der Waals surface area contributed by atoms with Gasteiger partial charge in [0.1, 0.15) is 5.69 Å². The molecule has 0 unspecified atom stereocenters. The first-order chi connectivity index (χ1) is 7.00. The van der Waals surface area contributed by atoms with E-state index < -0.39 is 0 Å². The van der Waals surface area contributed by atoms with Gasteiger partial charge in [-0.15, -0.1) is 5.10 Å². The summed E-state index contributed by atoms with van der Waals surface area (Å²) in [5.41, 5.74) is 1.32. The summed E-state index contributed by atoms with van der Waals surface area (Å²) < 4.78 is 1.85. The average molecular weight is 209 g/mol. The van der Waals surface area contributed by atoms with Gasteiger partial charge in [-0.1, -0.05) is 39.3 Å². The van der Waals surface area contributed by atoms with Gasteiger partial charge in [0.05, 0.1) is 5.69 Å². The van der Waals surface area contributed by atoms with Gasteiger partial charge >= 0.3 is 0 Å². The van der Waals surface area contributed by atoms with Crippen molar-refractivity contribution in [2.24, 2.45) is 0 Å². The van der Waals surface area contributed by atoms with Crippen molar-refractivity contribution in [3.63, 3.8) is 0 Å². The number of unbranched alkanes of at least 4 members (excludes halogenated alkanes) is 1. The summed E-state index contributed by atoms with van der Waals surface area (Å²) in [6, 6.07) is 0. The molecule has 1 aromatic heterocycles. The van der Waals surface area contributed by atoms with Crippen LogP contribution < -0.4 is 0 Å². The van der Waals surface area contributed by atoms with Crippen molar-refractivity contribution in [1.29, 1.82) is 0 Å². The van der Waals surface area contributed by atoms with Crippen LogP contribution in [0, 0.1) is 0 Å². The van der Waals surface area contributed by atoms with E-state index in [1.807, 2.05) is 4.68 Å². The summed E-state index contributed by atoms with van der Waals surface area (Å²) in [7, 11) is 0. The van der Waals surface area contributed by atoms with Gasteiger partial charge in [0.25, 0.3) is 0 Å². The van der Waals surface area contributed by atoms with Crippen LogP contribution in [0.25, 0.3) is 0 Å². The number of aryl methyl sites for hydroxylation is 1. The van der Waals surface area contributed by atoms with E-state index >= 15 is 0 Å². The number of rotatable bonds is 4. The highest BCUT2D eigenvalue weighted by atomic mass is 16.1. The molecule has 4 heteroatoms. The summed E-state index contributed by atoms with van der Waals surface area (Å²) >= 11 is 0. The molecule has 0 N–H and O–H groups in total. The highest BCUT2D eigenvalue weighted by molar-refractivity contribution is 5.73. The summed E-state index contributed by atoms with van der Waals surface area (Å²) in [5.74, 6) is 0. The molecule has 0 amide bonds. The van der Waals surface area contributed by atoms with Crippen LogP contribution >= 0.6 is 0 Å². The number of aromatic nitrogens is 3. The van der Waals surface area contributed by atoms with Crippen molar-refractivity contribution >= 4 is 6.29 Å². The molecule has 0 saturated carbocycles. The fraction of sp³-hybridized carbons (Fsp3) is 0.727. The van der Waals surface area contributed by atoms with Crippen LogP contribution in [0.4, 0.5) is 0 Å². The molecule has 1 heterocycles. The molecule has 0 fully saturated rings. The topological polar surface area (TPSA) is 47.8 Å². The molecule has 4 nitrogen and oxygen atoms in total. The van der Waals surface area contributed by atoms with E-state index in [0.717, 1.165) is 31.4 Å². The number of nitrogens with zero attached hydrogens (tertiary/aromatic N) is 3. The zero-order valence-corrected chi connectivity index (χ0v) is 9.95. The average Bonchev–Trinajstić information content (AvgIpc) is 2.56. The summed E-state index contributed by atoms with van der Waals surface area (Å²) in [6.07, 6.45) is 2.96. The van der Waals surface area contributed by atoms with Gasteiger partial charge in [0, 0.05) is 12.0 Å². The van der Waals surface area contributed by atoms with Crippen molar-refractivity contribution in [2.45, 2.75) is 52.5 Å². The molecular weight excluding hydrogens is 190 g/mol. The van der Waals surface area contributed by atoms with Gasteiger partial charge in [0.15, 0.2) is 6.29 Å². The predicted octanol–water partition coefficient (Wildman–Crippen LogP) is 2.19. The van der Waals surface area contributed by atoms with Crippen molar-refractivity contribution in [1.82, 2.24) is 15.0 Å². The largest absolute Gasteiger partial charge is 0.296 e. The minimum atomic E-state index is -0.0898. The smallest absolute Gasteiger partial charge is 0.172 e. The fourth-order valence-corrected chi connectivity index (χ4v) is 1.64. The number of aldehydes is 1. The molecule has 0 spiro atoms. The predicted molar refractivity (Wildman–Crippen MR) is 59.0 cm³/mol. The van der Waals surface area contributed by atoms with E-state index in [1.165, 1.54) is 0 Å². The third-order valence-electron chi connectivity index (χ3n) is 2.31. The normalized spacial score (nSPS) is 11.7. The molecule has 0 aliphatic rings. The molecule has 0 atom stereocenters. The highest BCUT2D eigenvalue weighted by Crippen LogP contribution is 2.23. The first-order valence-electron chi connectivity index (χ1n) is 5.39. The fourth-order valence-electron chi connectivity index (χ4n) is 1.64. The van der Waals surface area contributed by atoms with Gasteiger partial charge in [-0.2, -0.15) is 0 Å². The lowest BCUT2D eigenvalue weighted by Crippen LogP contribution is -2.20. The number of hydrogen-bond acceptors (Lipinski definition) is 3. The lowest BCUT2D eigenvalue weighted by Gasteiger charge is -2.19. The quantitative estimate of drug-likeness (QED) is 0.714. The molecular formula is C11H19N3O. The molecule has 0 saturated heterocycles. The van der Waals surface area contributed by atoms with Gasteiger partial charge in [0.2, 0.25) is 0 Å². The van der Waals surface area contributed by atoms with Crippen LogP contribution in [0.15, 0.2) is 0 Å². The van der Waals surface area contributed by atoms with Gasteiger partial charge in [-0.05, 0) is 6.42 Å². The first-order valence-corrected chi connectivity index (χ1v) is 5.39. The summed E-state index contributed by atoms with van der Waals surface area (Å²) in [4.78, 5) is 10.8. The van der Waals surface area contributed by atoms with Crippen molar-refractivity contribution < 1.29 is 4.79 Å². The number of carbonyl (C=O) groups excluding carboxylic acids is 1. The zero-order chi connectivity index (χ0) is 11.5. The van der Waals surface area contributed by atoms with E-state index in [1.54, 1.807) is 0 Å². The Morgan fingerprint density at radius 3 is 2.53 bits per heavy atom. The molecule has 0 aromatic carbocycles. The van der Waals surface area contributed by atoms with Crippen LogP contribution in [0.3, 0.4) is 0 Å². The zero-order valence-electron chi connectivity index (χ0n) is 9.95. The van der Waals surface area contributed by atoms with E-state index in [4.69, 9.17) is 0 Å². The van der Waals surface area contributed by atoms with Crippen LogP contribution in [-0.2, 0) is 12.0 Å². The first kappa shape index (κ1) is 11.9. The third kappa shape index (κ3) is 2.64. The lowest BCUT2D eigenvalue weighted by molar-refractivity contribution is 0.111. The Labute approximate surface area is 90.7 Å². The second kappa shape index (κ2) is 4.55. The SMILES string of the molecule is CCCCn1nnc(C=O)c1C(C)(C)C. The molecule has 0 aliphatic heterocycles. The number of hydrogen-bond donors (Lipinski definition) is 0. The monoisotopic (exact) mass is 209 g/mol. The van der Waals surface area contributed by atoms with Gasteiger partial charge in [-0.3, -0.25) is 4.79 Å². The molecule has 15 heavy (non-hydrogen) atoms. The minimum absolute atomic E-state index is 0.0898. The second-order valence-corrected chi connectivity index (χ2v) is 4.77. The Morgan fingerprint density at radius 2 is 2.07 bits per heavy atom. The molecule has 1 rings (SSSR count). The maximum Gasteiger partial charge on any atom is 0.172 e. The molecule has 0 radical (unpaired) electrons. The third-order valence-corrected chi connectivity index (χ3v) is 2.31. The van der Waals surface area contributed by atoms with Crippen LogP contribution in [0.5, 0.6) is 0 Å². The molecule has 0 bridgehead atoms. The molecule has 84 valence electrons. The molecule has 0 aliphatic carbocycles. The van der Waals surface area contributed by atoms with Crippen molar-refractivity contribution in [3.05, 3.63) is 11.4 Å². The maximum atomic E-state index is 10.8. The van der Waals surface area contributed by atoms with E-state index in [9.17, 15) is 4.79 Å². The number of carbonyl (C=O) groups is 1. The Kier molecular flexibility index (Phi) is 3.61.